The van der Waals surface area contributed by atoms with Crippen LogP contribution in [0.4, 0.5) is 5.69 Å². The normalized spacial score (nSPS) is 12.7. The van der Waals surface area contributed by atoms with E-state index in [4.69, 9.17) is 58.0 Å². The summed E-state index contributed by atoms with van der Waals surface area (Å²) in [5.41, 5.74) is 0.193. The van der Waals surface area contributed by atoms with E-state index in [0.717, 1.165) is 0 Å². The van der Waals surface area contributed by atoms with Gasteiger partial charge in [-0.25, -0.2) is 8.42 Å². The number of sulfonamides is 1. The number of rotatable bonds is 5. The van der Waals surface area contributed by atoms with Crippen LogP contribution in [0.3, 0.4) is 0 Å². The number of carbonyl (C=O) groups is 1. The highest BCUT2D eigenvalue weighted by atomic mass is 35.5. The Kier molecular flexibility index (Phi) is 7.07. The van der Waals surface area contributed by atoms with Crippen LogP contribution in [0.1, 0.15) is 6.92 Å². The van der Waals surface area contributed by atoms with Gasteiger partial charge in [-0.1, -0.05) is 58.0 Å². The molecular formula is C15H11Cl5N2O3S. The Bertz CT molecular complexity index is 966. The van der Waals surface area contributed by atoms with Crippen LogP contribution in [0.25, 0.3) is 0 Å². The van der Waals surface area contributed by atoms with Crippen molar-refractivity contribution in [3.05, 3.63) is 55.4 Å². The zero-order valence-electron chi connectivity index (χ0n) is 13.0. The van der Waals surface area contributed by atoms with Gasteiger partial charge in [0, 0.05) is 5.02 Å². The van der Waals surface area contributed by atoms with Crippen LogP contribution in [-0.4, -0.2) is 20.4 Å². The molecule has 0 heterocycles. The van der Waals surface area contributed by atoms with Gasteiger partial charge in [0.1, 0.15) is 4.90 Å². The smallest absolute Gasteiger partial charge is 0.242 e. The van der Waals surface area contributed by atoms with Gasteiger partial charge in [0.15, 0.2) is 0 Å². The monoisotopic (exact) mass is 474 g/mol. The first-order chi connectivity index (χ1) is 12.0. The molecule has 0 aliphatic rings. The number of amides is 1. The van der Waals surface area contributed by atoms with Crippen molar-refractivity contribution in [1.82, 2.24) is 4.72 Å². The molecule has 0 unspecified atom stereocenters. The molecule has 0 fully saturated rings. The number of hydrogen-bond donors (Lipinski definition) is 2. The molecule has 0 aliphatic heterocycles. The van der Waals surface area contributed by atoms with Crippen molar-refractivity contribution >= 4 is 79.6 Å². The summed E-state index contributed by atoms with van der Waals surface area (Å²) in [5, 5.41) is 3.20. The standard InChI is InChI=1S/C15H11Cl5N2O3S/c1-7(15(23)21-13-6-11(19)10(18)5-12(13)20)22-26(24,25)14-4-8(16)2-3-9(14)17/h2-7,22H,1H3,(H,21,23)/t7-/m1/s1. The average Bonchev–Trinajstić information content (AvgIpc) is 2.54. The van der Waals surface area contributed by atoms with Crippen molar-refractivity contribution in [2.45, 2.75) is 17.9 Å². The Hall–Kier alpha value is -0.730. The quantitative estimate of drug-likeness (QED) is 0.578. The summed E-state index contributed by atoms with van der Waals surface area (Å²) in [6.45, 7) is 1.36. The second kappa shape index (κ2) is 8.52. The minimum atomic E-state index is -4.08. The van der Waals surface area contributed by atoms with Crippen LogP contribution in [0, 0.1) is 0 Å². The fourth-order valence-corrected chi connectivity index (χ4v) is 4.45. The summed E-state index contributed by atoms with van der Waals surface area (Å²) in [6, 6.07) is 5.57. The van der Waals surface area contributed by atoms with E-state index < -0.39 is 22.0 Å². The third kappa shape index (κ3) is 5.16. The van der Waals surface area contributed by atoms with Gasteiger partial charge in [-0.05, 0) is 37.3 Å². The lowest BCUT2D eigenvalue weighted by molar-refractivity contribution is -0.117. The Labute approximate surface area is 175 Å². The molecule has 0 saturated heterocycles. The van der Waals surface area contributed by atoms with Gasteiger partial charge in [0.25, 0.3) is 0 Å². The first-order valence-corrected chi connectivity index (χ1v) is 10.3. The molecule has 11 heteroatoms. The van der Waals surface area contributed by atoms with Crippen molar-refractivity contribution in [3.63, 3.8) is 0 Å². The Balaban J connectivity index is 2.19. The Morgan fingerprint density at radius 2 is 1.54 bits per heavy atom. The number of nitrogens with one attached hydrogen (secondary N) is 2. The van der Waals surface area contributed by atoms with Crippen molar-refractivity contribution in [2.24, 2.45) is 0 Å². The average molecular weight is 477 g/mol. The molecule has 2 rings (SSSR count). The van der Waals surface area contributed by atoms with Gasteiger partial charge in [0.2, 0.25) is 15.9 Å². The van der Waals surface area contributed by atoms with Crippen molar-refractivity contribution in [1.29, 1.82) is 0 Å². The molecule has 0 bridgehead atoms. The van der Waals surface area contributed by atoms with E-state index >= 15 is 0 Å². The van der Waals surface area contributed by atoms with Crippen LogP contribution >= 0.6 is 58.0 Å². The number of hydrogen-bond acceptors (Lipinski definition) is 3. The van der Waals surface area contributed by atoms with Crippen molar-refractivity contribution < 1.29 is 13.2 Å². The SMILES string of the molecule is C[C@@H](NS(=O)(=O)c1cc(Cl)ccc1Cl)C(=O)Nc1cc(Cl)c(Cl)cc1Cl. The second-order valence-electron chi connectivity index (χ2n) is 5.15. The van der Waals surface area contributed by atoms with E-state index in [9.17, 15) is 13.2 Å². The van der Waals surface area contributed by atoms with E-state index in [1.165, 1.54) is 37.3 Å². The molecule has 2 N–H and O–H groups in total. The Morgan fingerprint density at radius 1 is 0.923 bits per heavy atom. The zero-order chi connectivity index (χ0) is 19.6. The molecule has 1 amide bonds. The summed E-state index contributed by atoms with van der Waals surface area (Å²) in [5.74, 6) is -0.660. The highest BCUT2D eigenvalue weighted by molar-refractivity contribution is 7.89. The summed E-state index contributed by atoms with van der Waals surface area (Å²) < 4.78 is 27.1. The first-order valence-electron chi connectivity index (χ1n) is 6.94. The van der Waals surface area contributed by atoms with Gasteiger partial charge in [-0.15, -0.1) is 0 Å². The fraction of sp³-hybridized carbons (Fsp3) is 0.133. The maximum Gasteiger partial charge on any atom is 0.242 e. The highest BCUT2D eigenvalue weighted by Gasteiger charge is 2.25. The zero-order valence-corrected chi connectivity index (χ0v) is 17.6. The second-order valence-corrected chi connectivity index (χ2v) is 8.90. The first kappa shape index (κ1) is 21.6. The van der Waals surface area contributed by atoms with Crippen LogP contribution in [0.5, 0.6) is 0 Å². The van der Waals surface area contributed by atoms with Crippen molar-refractivity contribution in [3.8, 4) is 0 Å². The molecule has 2 aromatic rings. The van der Waals surface area contributed by atoms with Gasteiger partial charge in [0.05, 0.1) is 31.8 Å². The molecule has 0 aromatic heterocycles. The van der Waals surface area contributed by atoms with E-state index in [2.05, 4.69) is 10.0 Å². The minimum Gasteiger partial charge on any atom is -0.323 e. The molecule has 0 radical (unpaired) electrons. The third-order valence-electron chi connectivity index (χ3n) is 3.18. The van der Waals surface area contributed by atoms with Crippen LogP contribution in [0.2, 0.25) is 25.1 Å². The Morgan fingerprint density at radius 3 is 2.19 bits per heavy atom. The molecule has 0 saturated carbocycles. The van der Waals surface area contributed by atoms with E-state index in [-0.39, 0.29) is 35.7 Å². The maximum atomic E-state index is 12.4. The highest BCUT2D eigenvalue weighted by Crippen LogP contribution is 2.32. The van der Waals surface area contributed by atoms with E-state index in [0.29, 0.717) is 0 Å². The summed E-state index contributed by atoms with van der Waals surface area (Å²) in [4.78, 5) is 12.1. The lowest BCUT2D eigenvalue weighted by Gasteiger charge is -2.16. The van der Waals surface area contributed by atoms with Gasteiger partial charge < -0.3 is 5.32 Å². The third-order valence-corrected chi connectivity index (χ3v) is 6.47. The molecule has 1 atom stereocenters. The minimum absolute atomic E-state index is 0.0259. The largest absolute Gasteiger partial charge is 0.323 e. The number of halogens is 5. The van der Waals surface area contributed by atoms with Gasteiger partial charge in [-0.2, -0.15) is 4.72 Å². The van der Waals surface area contributed by atoms with E-state index in [1.54, 1.807) is 0 Å². The maximum absolute atomic E-state index is 12.4. The van der Waals surface area contributed by atoms with Crippen molar-refractivity contribution in [2.75, 3.05) is 5.32 Å². The molecule has 5 nitrogen and oxygen atoms in total. The van der Waals surface area contributed by atoms with Crippen LogP contribution in [-0.2, 0) is 14.8 Å². The lowest BCUT2D eigenvalue weighted by Crippen LogP contribution is -2.41. The topological polar surface area (TPSA) is 75.3 Å². The molecule has 0 spiro atoms. The van der Waals surface area contributed by atoms with Crippen LogP contribution < -0.4 is 10.0 Å². The van der Waals surface area contributed by atoms with Gasteiger partial charge >= 0.3 is 0 Å². The summed E-state index contributed by atoms with van der Waals surface area (Å²) in [6.07, 6.45) is 0. The summed E-state index contributed by atoms with van der Waals surface area (Å²) >= 11 is 29.4. The molecule has 26 heavy (non-hydrogen) atoms. The molecule has 2 aromatic carbocycles. The number of carbonyl (C=O) groups excluding carboxylic acids is 1. The van der Waals surface area contributed by atoms with Gasteiger partial charge in [-0.3, -0.25) is 4.79 Å². The van der Waals surface area contributed by atoms with E-state index in [1.807, 2.05) is 0 Å². The lowest BCUT2D eigenvalue weighted by atomic mass is 10.3. The fourth-order valence-electron chi connectivity index (χ4n) is 1.89. The summed E-state index contributed by atoms with van der Waals surface area (Å²) in [7, 11) is -4.08. The number of anilines is 1. The number of benzene rings is 2. The molecule has 0 aliphatic carbocycles. The van der Waals surface area contributed by atoms with Crippen LogP contribution in [0.15, 0.2) is 35.2 Å². The molecular weight excluding hydrogens is 466 g/mol. The predicted octanol–water partition coefficient (Wildman–Crippen LogP) is 5.26. The molecule has 140 valence electrons. The predicted molar refractivity (Wildman–Crippen MR) is 106 cm³/mol.